The van der Waals surface area contributed by atoms with Crippen LogP contribution in [0.1, 0.15) is 39.5 Å². The highest BCUT2D eigenvalue weighted by Crippen LogP contribution is 2.36. The number of nitrogens with zero attached hydrogens (tertiary/aromatic N) is 4. The zero-order valence-electron chi connectivity index (χ0n) is 16.2. The van der Waals surface area contributed by atoms with Crippen LogP contribution in [-0.2, 0) is 0 Å². The Labute approximate surface area is 161 Å². The summed E-state index contributed by atoms with van der Waals surface area (Å²) in [4.78, 5) is 13.6. The van der Waals surface area contributed by atoms with Gasteiger partial charge in [0, 0.05) is 36.3 Å². The van der Waals surface area contributed by atoms with Crippen molar-refractivity contribution in [1.29, 1.82) is 0 Å². The molecule has 3 rings (SSSR count). The van der Waals surface area contributed by atoms with Crippen molar-refractivity contribution in [1.82, 2.24) is 14.9 Å². The Hall–Kier alpha value is -1.59. The van der Waals surface area contributed by atoms with Gasteiger partial charge in [0.25, 0.3) is 0 Å². The molecular weight excluding hydrogens is 348 g/mol. The Morgan fingerprint density at radius 3 is 2.46 bits per heavy atom. The SMILES string of the molecule is CCOc1cc(N(CC)C2CCC(N(C)C)CC2)c2ccnc(Cl)c2n1. The van der Waals surface area contributed by atoms with Gasteiger partial charge in [-0.1, -0.05) is 11.6 Å². The molecule has 2 aromatic rings. The van der Waals surface area contributed by atoms with Crippen LogP contribution in [0.4, 0.5) is 5.69 Å². The molecule has 0 radical (unpaired) electrons. The lowest BCUT2D eigenvalue weighted by Crippen LogP contribution is -2.42. The predicted octanol–water partition coefficient (Wildman–Crippen LogP) is 4.38. The monoisotopic (exact) mass is 376 g/mol. The van der Waals surface area contributed by atoms with Gasteiger partial charge in [0.2, 0.25) is 5.88 Å². The lowest BCUT2D eigenvalue weighted by Gasteiger charge is -2.40. The molecule has 0 amide bonds. The lowest BCUT2D eigenvalue weighted by atomic mass is 9.89. The van der Waals surface area contributed by atoms with E-state index in [9.17, 15) is 0 Å². The molecule has 0 unspecified atom stereocenters. The highest BCUT2D eigenvalue weighted by molar-refractivity contribution is 6.34. The van der Waals surface area contributed by atoms with E-state index < -0.39 is 0 Å². The standard InChI is InChI=1S/C20H29ClN4O/c1-5-25(15-9-7-14(8-10-15)24(3)4)17-13-18(26-6-2)23-19-16(17)11-12-22-20(19)21/h11-15H,5-10H2,1-4H3. The number of hydrogen-bond acceptors (Lipinski definition) is 5. The minimum atomic E-state index is 0.428. The summed E-state index contributed by atoms with van der Waals surface area (Å²) in [5.74, 6) is 0.616. The maximum Gasteiger partial charge on any atom is 0.215 e. The van der Waals surface area contributed by atoms with E-state index in [1.165, 1.54) is 25.7 Å². The van der Waals surface area contributed by atoms with Gasteiger partial charge in [-0.15, -0.1) is 0 Å². The topological polar surface area (TPSA) is 41.5 Å². The molecule has 142 valence electrons. The molecule has 0 saturated heterocycles. The number of rotatable bonds is 6. The van der Waals surface area contributed by atoms with Crippen molar-refractivity contribution >= 4 is 28.2 Å². The summed E-state index contributed by atoms with van der Waals surface area (Å²) in [5.41, 5.74) is 1.87. The molecule has 1 saturated carbocycles. The molecule has 6 heteroatoms. The van der Waals surface area contributed by atoms with Crippen LogP contribution in [0.5, 0.6) is 5.88 Å². The van der Waals surface area contributed by atoms with Crippen molar-refractivity contribution < 1.29 is 4.74 Å². The van der Waals surface area contributed by atoms with Crippen LogP contribution in [0.15, 0.2) is 18.3 Å². The van der Waals surface area contributed by atoms with Crippen molar-refractivity contribution in [2.75, 3.05) is 32.1 Å². The van der Waals surface area contributed by atoms with Gasteiger partial charge < -0.3 is 14.5 Å². The fourth-order valence-corrected chi connectivity index (χ4v) is 4.25. The summed E-state index contributed by atoms with van der Waals surface area (Å²) in [6, 6.07) is 5.29. The second kappa shape index (κ2) is 8.40. The third kappa shape index (κ3) is 3.89. The summed E-state index contributed by atoms with van der Waals surface area (Å²) in [7, 11) is 4.37. The number of aromatic nitrogens is 2. The smallest absolute Gasteiger partial charge is 0.215 e. The lowest BCUT2D eigenvalue weighted by molar-refractivity contribution is 0.214. The zero-order chi connectivity index (χ0) is 18.7. The summed E-state index contributed by atoms with van der Waals surface area (Å²) in [6.07, 6.45) is 6.62. The molecule has 2 heterocycles. The Kier molecular flexibility index (Phi) is 6.20. The number of ether oxygens (including phenoxy) is 1. The molecule has 1 aliphatic rings. The molecule has 26 heavy (non-hydrogen) atoms. The van der Waals surface area contributed by atoms with Crippen molar-refractivity contribution in [3.05, 3.63) is 23.5 Å². The Bertz CT molecular complexity index is 744. The second-order valence-corrected chi connectivity index (χ2v) is 7.48. The summed E-state index contributed by atoms with van der Waals surface area (Å²) < 4.78 is 5.71. The van der Waals surface area contributed by atoms with Crippen molar-refractivity contribution in [3.63, 3.8) is 0 Å². The van der Waals surface area contributed by atoms with Gasteiger partial charge in [-0.25, -0.2) is 9.97 Å². The average molecular weight is 377 g/mol. The molecule has 0 aliphatic heterocycles. The quantitative estimate of drug-likeness (QED) is 0.700. The maximum atomic E-state index is 6.34. The van der Waals surface area contributed by atoms with Gasteiger partial charge >= 0.3 is 0 Å². The predicted molar refractivity (Wildman–Crippen MR) is 108 cm³/mol. The maximum absolute atomic E-state index is 6.34. The van der Waals surface area contributed by atoms with E-state index in [4.69, 9.17) is 16.3 Å². The van der Waals surface area contributed by atoms with E-state index in [2.05, 4.69) is 46.9 Å². The fraction of sp³-hybridized carbons (Fsp3) is 0.600. The Morgan fingerprint density at radius 1 is 1.15 bits per heavy atom. The Balaban J connectivity index is 1.97. The summed E-state index contributed by atoms with van der Waals surface area (Å²) in [6.45, 7) is 5.71. The molecule has 0 aromatic carbocycles. The minimum Gasteiger partial charge on any atom is -0.478 e. The molecule has 2 aromatic heterocycles. The molecule has 0 N–H and O–H groups in total. The van der Waals surface area contributed by atoms with Gasteiger partial charge in [-0.3, -0.25) is 0 Å². The first-order valence-electron chi connectivity index (χ1n) is 9.56. The molecule has 0 bridgehead atoms. The van der Waals surface area contributed by atoms with Crippen LogP contribution in [-0.4, -0.2) is 54.2 Å². The van der Waals surface area contributed by atoms with Crippen LogP contribution >= 0.6 is 11.6 Å². The number of hydrogen-bond donors (Lipinski definition) is 0. The van der Waals surface area contributed by atoms with Crippen LogP contribution in [0.3, 0.4) is 0 Å². The molecule has 0 atom stereocenters. The van der Waals surface area contributed by atoms with Crippen LogP contribution in [0, 0.1) is 0 Å². The molecule has 0 spiro atoms. The van der Waals surface area contributed by atoms with Gasteiger partial charge in [0.1, 0.15) is 5.52 Å². The number of anilines is 1. The molecular formula is C20H29ClN4O. The van der Waals surface area contributed by atoms with Gasteiger partial charge in [0.15, 0.2) is 5.15 Å². The van der Waals surface area contributed by atoms with Gasteiger partial charge in [-0.05, 0) is 59.7 Å². The number of fused-ring (bicyclic) bond motifs is 1. The Morgan fingerprint density at radius 2 is 1.85 bits per heavy atom. The third-order valence-corrected chi connectivity index (χ3v) is 5.69. The van der Waals surface area contributed by atoms with E-state index >= 15 is 0 Å². The van der Waals surface area contributed by atoms with E-state index in [0.29, 0.717) is 29.7 Å². The zero-order valence-corrected chi connectivity index (χ0v) is 17.0. The first-order valence-corrected chi connectivity index (χ1v) is 9.94. The fourth-order valence-electron chi connectivity index (χ4n) is 4.05. The molecule has 1 aliphatic carbocycles. The average Bonchev–Trinajstić information content (AvgIpc) is 2.64. The van der Waals surface area contributed by atoms with Crippen molar-refractivity contribution in [2.24, 2.45) is 0 Å². The normalized spacial score (nSPS) is 20.5. The van der Waals surface area contributed by atoms with Crippen LogP contribution in [0.25, 0.3) is 10.9 Å². The van der Waals surface area contributed by atoms with Crippen LogP contribution < -0.4 is 9.64 Å². The minimum absolute atomic E-state index is 0.428. The number of halogens is 1. The highest BCUT2D eigenvalue weighted by Gasteiger charge is 2.27. The van der Waals surface area contributed by atoms with Crippen LogP contribution in [0.2, 0.25) is 5.15 Å². The summed E-state index contributed by atoms with van der Waals surface area (Å²) in [5, 5.41) is 1.47. The van der Waals surface area contributed by atoms with Crippen molar-refractivity contribution in [3.8, 4) is 5.88 Å². The largest absolute Gasteiger partial charge is 0.478 e. The second-order valence-electron chi connectivity index (χ2n) is 7.12. The van der Waals surface area contributed by atoms with Gasteiger partial charge in [-0.2, -0.15) is 0 Å². The summed E-state index contributed by atoms with van der Waals surface area (Å²) >= 11 is 6.34. The van der Waals surface area contributed by atoms with Gasteiger partial charge in [0.05, 0.1) is 12.3 Å². The number of pyridine rings is 2. The highest BCUT2D eigenvalue weighted by atomic mass is 35.5. The first-order chi connectivity index (χ1) is 12.5. The first kappa shape index (κ1) is 19.2. The molecule has 5 nitrogen and oxygen atoms in total. The van der Waals surface area contributed by atoms with E-state index in [1.54, 1.807) is 6.20 Å². The third-order valence-electron chi connectivity index (χ3n) is 5.42. The van der Waals surface area contributed by atoms with Crippen molar-refractivity contribution in [2.45, 2.75) is 51.6 Å². The van der Waals surface area contributed by atoms with E-state index in [0.717, 1.165) is 23.1 Å². The van der Waals surface area contributed by atoms with E-state index in [1.807, 2.05) is 13.0 Å². The molecule has 1 fully saturated rings. The van der Waals surface area contributed by atoms with E-state index in [-0.39, 0.29) is 0 Å².